The number of nitrogens with one attached hydrogen (secondary N) is 3. The van der Waals surface area contributed by atoms with Crippen molar-refractivity contribution in [2.45, 2.75) is 25.7 Å². The predicted octanol–water partition coefficient (Wildman–Crippen LogP) is 0.340. The van der Waals surface area contributed by atoms with Crippen LogP contribution in [0.1, 0.15) is 25.7 Å². The van der Waals surface area contributed by atoms with Crippen molar-refractivity contribution in [2.24, 2.45) is 5.92 Å². The second-order valence-corrected chi connectivity index (χ2v) is 4.02. The molecule has 1 aliphatic rings. The lowest BCUT2D eigenvalue weighted by Crippen LogP contribution is -2.28. The van der Waals surface area contributed by atoms with Gasteiger partial charge in [0, 0.05) is 6.42 Å². The fourth-order valence-electron chi connectivity index (χ4n) is 1.91. The van der Waals surface area contributed by atoms with Crippen LogP contribution in [0.25, 0.3) is 0 Å². The Bertz CT molecular complexity index is 324. The molecule has 0 spiro atoms. The van der Waals surface area contributed by atoms with E-state index in [1.165, 1.54) is 0 Å². The van der Waals surface area contributed by atoms with Crippen molar-refractivity contribution in [1.29, 1.82) is 0 Å². The number of hydrogen-bond donors (Lipinski definition) is 3. The van der Waals surface area contributed by atoms with Crippen molar-refractivity contribution in [3.63, 3.8) is 0 Å². The lowest BCUT2D eigenvalue weighted by molar-refractivity contribution is -0.116. The number of hydrogen-bond acceptors (Lipinski definition) is 5. The van der Waals surface area contributed by atoms with Gasteiger partial charge < -0.3 is 5.32 Å². The number of tetrazole rings is 1. The fraction of sp³-hybridized carbons (Fsp3) is 0.778. The Morgan fingerprint density at radius 2 is 2.18 bits per heavy atom. The number of H-pyrrole nitrogens is 1. The third kappa shape index (κ3) is 4.66. The van der Waals surface area contributed by atoms with Crippen LogP contribution in [0.5, 0.6) is 0 Å². The normalized spacial score (nSPS) is 16.2. The molecule has 2 rings (SSSR count). The topological polar surface area (TPSA) is 95.6 Å². The van der Waals surface area contributed by atoms with E-state index in [1.54, 1.807) is 0 Å². The number of aromatic amines is 1. The molecule has 0 aromatic carbocycles. The number of piperidine rings is 1. The molecule has 17 heavy (non-hydrogen) atoms. The van der Waals surface area contributed by atoms with E-state index < -0.39 is 0 Å². The van der Waals surface area contributed by atoms with Crippen LogP contribution < -0.4 is 10.6 Å². The van der Waals surface area contributed by atoms with Gasteiger partial charge in [-0.05, 0) is 43.5 Å². The molecular formula is C9H17ClN6O. The highest BCUT2D eigenvalue weighted by atomic mass is 35.5. The highest BCUT2D eigenvalue weighted by Gasteiger charge is 2.14. The minimum Gasteiger partial charge on any atom is -0.317 e. The molecule has 8 heteroatoms. The average molecular weight is 261 g/mol. The van der Waals surface area contributed by atoms with Crippen LogP contribution in [0.3, 0.4) is 0 Å². The maximum atomic E-state index is 11.5. The predicted molar refractivity (Wildman–Crippen MR) is 64.9 cm³/mol. The zero-order chi connectivity index (χ0) is 11.2. The Morgan fingerprint density at radius 1 is 1.41 bits per heavy atom. The van der Waals surface area contributed by atoms with E-state index in [4.69, 9.17) is 0 Å². The maximum Gasteiger partial charge on any atom is 0.269 e. The average Bonchev–Trinajstić information content (AvgIpc) is 2.81. The third-order valence-corrected chi connectivity index (χ3v) is 2.83. The quantitative estimate of drug-likeness (QED) is 0.726. The summed E-state index contributed by atoms with van der Waals surface area (Å²) >= 11 is 0. The van der Waals surface area contributed by atoms with Crippen LogP contribution in [0.4, 0.5) is 5.95 Å². The SMILES string of the molecule is Cl.O=C(CCC1CCNCC1)Nc1nn[nH]n1. The van der Waals surface area contributed by atoms with Gasteiger partial charge in [-0.2, -0.15) is 5.21 Å². The van der Waals surface area contributed by atoms with Crippen molar-refractivity contribution >= 4 is 24.3 Å². The van der Waals surface area contributed by atoms with Gasteiger partial charge in [0.2, 0.25) is 5.91 Å². The summed E-state index contributed by atoms with van der Waals surface area (Å²) in [6.07, 6.45) is 3.79. The van der Waals surface area contributed by atoms with Gasteiger partial charge in [-0.1, -0.05) is 5.10 Å². The first-order chi connectivity index (χ1) is 7.84. The van der Waals surface area contributed by atoms with Crippen LogP contribution in [-0.4, -0.2) is 39.6 Å². The zero-order valence-electron chi connectivity index (χ0n) is 9.48. The van der Waals surface area contributed by atoms with Gasteiger partial charge in [-0.3, -0.25) is 10.1 Å². The van der Waals surface area contributed by atoms with E-state index in [1.807, 2.05) is 0 Å². The lowest BCUT2D eigenvalue weighted by atomic mass is 9.93. The van der Waals surface area contributed by atoms with Gasteiger partial charge in [0.1, 0.15) is 0 Å². The Hall–Kier alpha value is -1.21. The summed E-state index contributed by atoms with van der Waals surface area (Å²) in [5.74, 6) is 0.868. The number of halogens is 1. The van der Waals surface area contributed by atoms with Gasteiger partial charge in [-0.25, -0.2) is 0 Å². The summed E-state index contributed by atoms with van der Waals surface area (Å²) in [6, 6.07) is 0. The molecule has 0 saturated carbocycles. The summed E-state index contributed by atoms with van der Waals surface area (Å²) in [5, 5.41) is 18.9. The monoisotopic (exact) mass is 260 g/mol. The van der Waals surface area contributed by atoms with E-state index in [-0.39, 0.29) is 24.3 Å². The van der Waals surface area contributed by atoms with Crippen molar-refractivity contribution in [1.82, 2.24) is 25.9 Å². The second-order valence-electron chi connectivity index (χ2n) is 4.02. The van der Waals surface area contributed by atoms with Gasteiger partial charge in [0.25, 0.3) is 5.95 Å². The summed E-state index contributed by atoms with van der Waals surface area (Å²) < 4.78 is 0. The van der Waals surface area contributed by atoms with Crippen LogP contribution >= 0.6 is 12.4 Å². The number of rotatable bonds is 4. The minimum atomic E-state index is -0.0417. The highest BCUT2D eigenvalue weighted by molar-refractivity contribution is 5.88. The Labute approximate surface area is 106 Å². The van der Waals surface area contributed by atoms with Crippen LogP contribution in [0, 0.1) is 5.92 Å². The van der Waals surface area contributed by atoms with Crippen molar-refractivity contribution in [2.75, 3.05) is 18.4 Å². The molecule has 2 heterocycles. The number of amides is 1. The summed E-state index contributed by atoms with van der Waals surface area (Å²) in [7, 11) is 0. The molecule has 1 saturated heterocycles. The minimum absolute atomic E-state index is 0. The molecule has 1 aromatic heterocycles. The molecule has 96 valence electrons. The first-order valence-corrected chi connectivity index (χ1v) is 5.58. The summed E-state index contributed by atoms with van der Waals surface area (Å²) in [5.41, 5.74) is 0. The third-order valence-electron chi connectivity index (χ3n) is 2.83. The highest BCUT2D eigenvalue weighted by Crippen LogP contribution is 2.17. The van der Waals surface area contributed by atoms with E-state index in [9.17, 15) is 4.79 Å². The molecular weight excluding hydrogens is 244 g/mol. The molecule has 0 bridgehead atoms. The molecule has 1 aromatic rings. The number of anilines is 1. The molecule has 1 amide bonds. The molecule has 3 N–H and O–H groups in total. The molecule has 0 unspecified atom stereocenters. The zero-order valence-corrected chi connectivity index (χ0v) is 10.3. The van der Waals surface area contributed by atoms with Crippen LogP contribution in [0.2, 0.25) is 0 Å². The van der Waals surface area contributed by atoms with E-state index in [0.717, 1.165) is 32.4 Å². The summed E-state index contributed by atoms with van der Waals surface area (Å²) in [6.45, 7) is 2.13. The number of carbonyl (C=O) groups excluding carboxylic acids is 1. The molecule has 1 fully saturated rings. The number of carbonyl (C=O) groups is 1. The van der Waals surface area contributed by atoms with E-state index >= 15 is 0 Å². The Morgan fingerprint density at radius 3 is 2.82 bits per heavy atom. The largest absolute Gasteiger partial charge is 0.317 e. The van der Waals surface area contributed by atoms with Gasteiger partial charge >= 0.3 is 0 Å². The smallest absolute Gasteiger partial charge is 0.269 e. The van der Waals surface area contributed by atoms with Crippen LogP contribution in [-0.2, 0) is 4.79 Å². The Balaban J connectivity index is 0.00000144. The second kappa shape index (κ2) is 7.18. The summed E-state index contributed by atoms with van der Waals surface area (Å²) in [4.78, 5) is 11.5. The first-order valence-electron chi connectivity index (χ1n) is 5.58. The first kappa shape index (κ1) is 13.9. The molecule has 0 atom stereocenters. The van der Waals surface area contributed by atoms with Crippen molar-refractivity contribution in [3.8, 4) is 0 Å². The lowest BCUT2D eigenvalue weighted by Gasteiger charge is -2.21. The maximum absolute atomic E-state index is 11.5. The van der Waals surface area contributed by atoms with Crippen molar-refractivity contribution in [3.05, 3.63) is 0 Å². The molecule has 0 aliphatic carbocycles. The van der Waals surface area contributed by atoms with Crippen LogP contribution in [0.15, 0.2) is 0 Å². The molecule has 7 nitrogen and oxygen atoms in total. The van der Waals surface area contributed by atoms with E-state index in [0.29, 0.717) is 12.3 Å². The molecule has 0 radical (unpaired) electrons. The number of nitrogens with zero attached hydrogens (tertiary/aromatic N) is 3. The van der Waals surface area contributed by atoms with Gasteiger partial charge in [0.05, 0.1) is 0 Å². The molecule has 1 aliphatic heterocycles. The van der Waals surface area contributed by atoms with Gasteiger partial charge in [0.15, 0.2) is 0 Å². The van der Waals surface area contributed by atoms with Gasteiger partial charge in [-0.15, -0.1) is 17.5 Å². The fourth-order valence-corrected chi connectivity index (χ4v) is 1.91. The Kier molecular flexibility index (Phi) is 5.85. The number of aromatic nitrogens is 4. The van der Waals surface area contributed by atoms with Crippen molar-refractivity contribution < 1.29 is 4.79 Å². The van der Waals surface area contributed by atoms with E-state index in [2.05, 4.69) is 31.3 Å². The standard InChI is InChI=1S/C9H16N6O.ClH/c16-8(11-9-12-14-15-13-9)2-1-7-3-5-10-6-4-7;/h7,10H,1-6H2,(H2,11,12,13,14,15,16);1H.